The zero-order valence-electron chi connectivity index (χ0n) is 5.11. The minimum absolute atomic E-state index is 0.411. The average Bonchev–Trinajstić information content (AvgIpc) is 2.33. The highest BCUT2D eigenvalue weighted by Crippen LogP contribution is 2.09. The summed E-state index contributed by atoms with van der Waals surface area (Å²) in [5.41, 5.74) is 6.79. The molecule has 50 valence electrons. The maximum absolute atomic E-state index is 5.37. The molecule has 2 heterocycles. The number of fused-ring (bicyclic) bond motifs is 1. The Morgan fingerprint density at radius 2 is 2.10 bits per heavy atom. The number of nitrogen functional groups attached to an aromatic ring is 1. The van der Waals surface area contributed by atoms with E-state index in [0.717, 1.165) is 5.52 Å². The van der Waals surface area contributed by atoms with Crippen LogP contribution in [0.4, 0.5) is 5.82 Å². The lowest BCUT2D eigenvalue weighted by Crippen LogP contribution is -1.89. The van der Waals surface area contributed by atoms with E-state index in [1.807, 2.05) is 0 Å². The van der Waals surface area contributed by atoms with Crippen molar-refractivity contribution in [2.24, 2.45) is 0 Å². The molecule has 0 fully saturated rings. The molecule has 4 heteroatoms. The van der Waals surface area contributed by atoms with Gasteiger partial charge >= 0.3 is 0 Å². The summed E-state index contributed by atoms with van der Waals surface area (Å²) in [5, 5.41) is 0. The second kappa shape index (κ2) is 1.70. The van der Waals surface area contributed by atoms with Gasteiger partial charge < -0.3 is 10.2 Å². The van der Waals surface area contributed by atoms with Crippen LogP contribution in [-0.4, -0.2) is 9.97 Å². The lowest BCUT2D eigenvalue weighted by atomic mass is 10.5. The predicted octanol–water partition coefficient (Wildman–Crippen LogP) is 0.805. The molecule has 0 amide bonds. The highest BCUT2D eigenvalue weighted by atomic mass is 16.3. The second-order valence-electron chi connectivity index (χ2n) is 1.94. The topological polar surface area (TPSA) is 64.9 Å². The SMILES string of the molecule is Nc1cnc2cocc2n1. The van der Waals surface area contributed by atoms with E-state index in [1.165, 1.54) is 18.7 Å². The lowest BCUT2D eigenvalue weighted by molar-refractivity contribution is 0.571. The van der Waals surface area contributed by atoms with E-state index in [-0.39, 0.29) is 0 Å². The Balaban J connectivity index is 2.86. The fraction of sp³-hybridized carbons (Fsp3) is 0. The summed E-state index contributed by atoms with van der Waals surface area (Å²) in [4.78, 5) is 7.92. The van der Waals surface area contributed by atoms with Crippen molar-refractivity contribution in [1.29, 1.82) is 0 Å². The lowest BCUT2D eigenvalue weighted by Gasteiger charge is -1.87. The Hall–Kier alpha value is -1.58. The van der Waals surface area contributed by atoms with Gasteiger partial charge in [0.2, 0.25) is 0 Å². The van der Waals surface area contributed by atoms with E-state index in [0.29, 0.717) is 11.3 Å². The molecule has 0 aliphatic carbocycles. The molecule has 0 saturated carbocycles. The van der Waals surface area contributed by atoms with Gasteiger partial charge in [0.25, 0.3) is 0 Å². The summed E-state index contributed by atoms with van der Waals surface area (Å²) in [6, 6.07) is 0. The standard InChI is InChI=1S/C6H5N3O/c7-6-1-8-4-2-10-3-5(4)9-6/h1-3H,(H2,7,9). The van der Waals surface area contributed by atoms with Crippen LogP contribution >= 0.6 is 0 Å². The quantitative estimate of drug-likeness (QED) is 0.580. The van der Waals surface area contributed by atoms with Crippen LogP contribution in [0.2, 0.25) is 0 Å². The number of anilines is 1. The molecule has 2 aromatic rings. The van der Waals surface area contributed by atoms with Crippen molar-refractivity contribution in [3.05, 3.63) is 18.7 Å². The minimum atomic E-state index is 0.411. The molecule has 0 aromatic carbocycles. The minimum Gasteiger partial charge on any atom is -0.468 e. The average molecular weight is 135 g/mol. The number of nitrogens with zero attached hydrogens (tertiary/aromatic N) is 2. The van der Waals surface area contributed by atoms with Crippen molar-refractivity contribution in [1.82, 2.24) is 9.97 Å². The van der Waals surface area contributed by atoms with Crippen LogP contribution in [0.25, 0.3) is 11.0 Å². The van der Waals surface area contributed by atoms with Gasteiger partial charge in [-0.25, -0.2) is 9.97 Å². The highest BCUT2D eigenvalue weighted by Gasteiger charge is 1.96. The van der Waals surface area contributed by atoms with Gasteiger partial charge in [0.15, 0.2) is 0 Å². The smallest absolute Gasteiger partial charge is 0.142 e. The summed E-state index contributed by atoms with van der Waals surface area (Å²) >= 11 is 0. The van der Waals surface area contributed by atoms with Crippen molar-refractivity contribution < 1.29 is 4.42 Å². The van der Waals surface area contributed by atoms with Crippen LogP contribution in [0, 0.1) is 0 Å². The summed E-state index contributed by atoms with van der Waals surface area (Å²) in [5.74, 6) is 0.411. The highest BCUT2D eigenvalue weighted by molar-refractivity contribution is 5.73. The zero-order chi connectivity index (χ0) is 6.97. The first-order valence-electron chi connectivity index (χ1n) is 2.81. The van der Waals surface area contributed by atoms with Crippen LogP contribution in [0.15, 0.2) is 23.1 Å². The Bertz CT molecular complexity index is 355. The van der Waals surface area contributed by atoms with Crippen molar-refractivity contribution in [2.75, 3.05) is 5.73 Å². The number of aromatic nitrogens is 2. The third kappa shape index (κ3) is 0.621. The van der Waals surface area contributed by atoms with Gasteiger partial charge in [-0.05, 0) is 0 Å². The van der Waals surface area contributed by atoms with E-state index in [4.69, 9.17) is 10.2 Å². The van der Waals surface area contributed by atoms with Crippen LogP contribution in [0.3, 0.4) is 0 Å². The third-order valence-corrected chi connectivity index (χ3v) is 1.21. The molecule has 0 bridgehead atoms. The molecule has 0 aliphatic rings. The fourth-order valence-electron chi connectivity index (χ4n) is 0.767. The summed E-state index contributed by atoms with van der Waals surface area (Å²) < 4.78 is 4.84. The van der Waals surface area contributed by atoms with Crippen molar-refractivity contribution >= 4 is 16.9 Å². The van der Waals surface area contributed by atoms with E-state index in [2.05, 4.69) is 9.97 Å². The first-order chi connectivity index (χ1) is 4.86. The molecule has 0 aliphatic heterocycles. The van der Waals surface area contributed by atoms with Gasteiger partial charge in [-0.15, -0.1) is 0 Å². The van der Waals surface area contributed by atoms with Crippen LogP contribution in [-0.2, 0) is 0 Å². The van der Waals surface area contributed by atoms with Gasteiger partial charge in [-0.1, -0.05) is 0 Å². The summed E-state index contributed by atoms with van der Waals surface area (Å²) in [6.45, 7) is 0. The summed E-state index contributed by atoms with van der Waals surface area (Å²) in [6.07, 6.45) is 4.54. The first-order valence-corrected chi connectivity index (χ1v) is 2.81. The first kappa shape index (κ1) is 5.22. The molecule has 0 radical (unpaired) electrons. The molecule has 2 aromatic heterocycles. The van der Waals surface area contributed by atoms with Gasteiger partial charge in [-0.2, -0.15) is 0 Å². The number of hydrogen-bond donors (Lipinski definition) is 1. The van der Waals surface area contributed by atoms with Crippen LogP contribution in [0.1, 0.15) is 0 Å². The zero-order valence-corrected chi connectivity index (χ0v) is 5.11. The normalized spacial score (nSPS) is 10.4. The van der Waals surface area contributed by atoms with Gasteiger partial charge in [0.05, 0.1) is 6.20 Å². The molecule has 0 spiro atoms. The van der Waals surface area contributed by atoms with Gasteiger partial charge in [0, 0.05) is 0 Å². The van der Waals surface area contributed by atoms with Crippen molar-refractivity contribution in [3.63, 3.8) is 0 Å². The number of furan rings is 1. The van der Waals surface area contributed by atoms with Crippen molar-refractivity contribution in [3.8, 4) is 0 Å². The van der Waals surface area contributed by atoms with E-state index in [9.17, 15) is 0 Å². The Labute approximate surface area is 56.7 Å². The third-order valence-electron chi connectivity index (χ3n) is 1.21. The van der Waals surface area contributed by atoms with Gasteiger partial charge in [0.1, 0.15) is 29.4 Å². The molecular weight excluding hydrogens is 130 g/mol. The Morgan fingerprint density at radius 1 is 1.30 bits per heavy atom. The largest absolute Gasteiger partial charge is 0.468 e. The van der Waals surface area contributed by atoms with Crippen LogP contribution in [0.5, 0.6) is 0 Å². The number of rotatable bonds is 0. The van der Waals surface area contributed by atoms with E-state index >= 15 is 0 Å². The maximum Gasteiger partial charge on any atom is 0.142 e. The predicted molar refractivity (Wildman–Crippen MR) is 36.2 cm³/mol. The molecule has 2 N–H and O–H groups in total. The molecule has 2 rings (SSSR count). The number of hydrogen-bond acceptors (Lipinski definition) is 4. The Morgan fingerprint density at radius 3 is 3.00 bits per heavy atom. The molecular formula is C6H5N3O. The Kier molecular flexibility index (Phi) is 0.887. The molecule has 0 saturated heterocycles. The number of nitrogens with two attached hydrogens (primary N) is 1. The second-order valence-corrected chi connectivity index (χ2v) is 1.94. The van der Waals surface area contributed by atoms with E-state index in [1.54, 1.807) is 0 Å². The molecule has 4 nitrogen and oxygen atoms in total. The van der Waals surface area contributed by atoms with Crippen LogP contribution < -0.4 is 5.73 Å². The molecule has 0 atom stereocenters. The summed E-state index contributed by atoms with van der Waals surface area (Å²) in [7, 11) is 0. The maximum atomic E-state index is 5.37. The van der Waals surface area contributed by atoms with Gasteiger partial charge in [-0.3, -0.25) is 0 Å². The van der Waals surface area contributed by atoms with Crippen molar-refractivity contribution in [2.45, 2.75) is 0 Å². The molecule has 10 heavy (non-hydrogen) atoms. The molecule has 0 unspecified atom stereocenters. The van der Waals surface area contributed by atoms with E-state index < -0.39 is 0 Å². The fourth-order valence-corrected chi connectivity index (χ4v) is 0.767. The monoisotopic (exact) mass is 135 g/mol.